The Labute approximate surface area is 136 Å². The Morgan fingerprint density at radius 2 is 1.95 bits per heavy atom. The number of aliphatic carboxylic acids is 1. The van der Waals surface area contributed by atoms with Gasteiger partial charge in [-0.05, 0) is 47.5 Å². The zero-order chi connectivity index (χ0) is 16.1. The van der Waals surface area contributed by atoms with Crippen LogP contribution < -0.4 is 5.32 Å². The molecule has 6 heteroatoms. The Balaban J connectivity index is 2.32. The van der Waals surface area contributed by atoms with Gasteiger partial charge in [-0.3, -0.25) is 0 Å². The van der Waals surface area contributed by atoms with Gasteiger partial charge in [-0.1, -0.05) is 22.0 Å². The van der Waals surface area contributed by atoms with Gasteiger partial charge in [0, 0.05) is 10.2 Å². The van der Waals surface area contributed by atoms with E-state index >= 15 is 0 Å². The highest BCUT2D eigenvalue weighted by atomic mass is 79.9. The number of hydrogen-bond donors (Lipinski definition) is 3. The third-order valence-electron chi connectivity index (χ3n) is 3.07. The highest BCUT2D eigenvalue weighted by molar-refractivity contribution is 9.10. The van der Waals surface area contributed by atoms with Gasteiger partial charge >= 0.3 is 5.97 Å². The maximum atomic E-state index is 11.5. The molecule has 0 heterocycles. The molecule has 22 heavy (non-hydrogen) atoms. The number of anilines is 1. The maximum absolute atomic E-state index is 11.5. The standard InChI is InChI=1S/C16H13BrN2O3/c17-13-6-11(9-20)5-12(7-13)15(16(21)22)19-14-3-1-10(8-18)2-4-14/h1-7,15,19-20H,9H2,(H,21,22). The first-order valence-electron chi connectivity index (χ1n) is 6.43. The molecule has 0 saturated heterocycles. The van der Waals surface area contributed by atoms with E-state index in [2.05, 4.69) is 21.2 Å². The maximum Gasteiger partial charge on any atom is 0.330 e. The van der Waals surface area contributed by atoms with Crippen LogP contribution in [0.1, 0.15) is 22.7 Å². The molecular formula is C16H13BrN2O3. The number of carbonyl (C=O) groups is 1. The Morgan fingerprint density at radius 1 is 1.27 bits per heavy atom. The molecule has 1 atom stereocenters. The number of rotatable bonds is 5. The highest BCUT2D eigenvalue weighted by Crippen LogP contribution is 2.25. The van der Waals surface area contributed by atoms with Crippen molar-refractivity contribution in [2.75, 3.05) is 5.32 Å². The summed E-state index contributed by atoms with van der Waals surface area (Å²) in [5.41, 5.74) is 2.24. The molecule has 0 aliphatic heterocycles. The van der Waals surface area contributed by atoms with Crippen LogP contribution in [0, 0.1) is 11.3 Å². The number of carboxylic acid groups (broad SMARTS) is 1. The quantitative estimate of drug-likeness (QED) is 0.761. The summed E-state index contributed by atoms with van der Waals surface area (Å²) in [7, 11) is 0. The summed E-state index contributed by atoms with van der Waals surface area (Å²) >= 11 is 3.31. The number of hydrogen-bond acceptors (Lipinski definition) is 4. The minimum absolute atomic E-state index is 0.171. The molecule has 0 saturated carbocycles. The lowest BCUT2D eigenvalue weighted by Gasteiger charge is -2.17. The number of nitrogens with zero attached hydrogens (tertiary/aromatic N) is 1. The van der Waals surface area contributed by atoms with Crippen LogP contribution in [0.2, 0.25) is 0 Å². The lowest BCUT2D eigenvalue weighted by molar-refractivity contribution is -0.138. The smallest absolute Gasteiger partial charge is 0.330 e. The molecule has 0 spiro atoms. The van der Waals surface area contributed by atoms with Gasteiger partial charge < -0.3 is 15.5 Å². The van der Waals surface area contributed by atoms with Crippen LogP contribution in [0.25, 0.3) is 0 Å². The van der Waals surface area contributed by atoms with E-state index in [1.54, 1.807) is 42.5 Å². The number of aliphatic hydroxyl groups is 1. The van der Waals surface area contributed by atoms with E-state index in [0.29, 0.717) is 26.9 Å². The summed E-state index contributed by atoms with van der Waals surface area (Å²) in [4.78, 5) is 11.5. The zero-order valence-corrected chi connectivity index (χ0v) is 13.0. The lowest BCUT2D eigenvalue weighted by Crippen LogP contribution is -2.20. The summed E-state index contributed by atoms with van der Waals surface area (Å²) < 4.78 is 0.696. The molecule has 2 aromatic carbocycles. The van der Waals surface area contributed by atoms with Gasteiger partial charge in [0.05, 0.1) is 18.2 Å². The number of carboxylic acids is 1. The van der Waals surface area contributed by atoms with Gasteiger partial charge in [0.25, 0.3) is 0 Å². The van der Waals surface area contributed by atoms with Gasteiger partial charge in [-0.2, -0.15) is 5.26 Å². The van der Waals surface area contributed by atoms with Gasteiger partial charge in [0.15, 0.2) is 6.04 Å². The number of aliphatic hydroxyl groups excluding tert-OH is 1. The fraction of sp³-hybridized carbons (Fsp3) is 0.125. The first-order chi connectivity index (χ1) is 10.5. The van der Waals surface area contributed by atoms with Crippen molar-refractivity contribution in [3.63, 3.8) is 0 Å². The van der Waals surface area contributed by atoms with E-state index in [9.17, 15) is 15.0 Å². The molecule has 2 aromatic rings. The monoisotopic (exact) mass is 360 g/mol. The average Bonchev–Trinajstić information content (AvgIpc) is 2.52. The molecule has 0 fully saturated rings. The SMILES string of the molecule is N#Cc1ccc(NC(C(=O)O)c2cc(Br)cc(CO)c2)cc1. The number of halogens is 1. The minimum atomic E-state index is -1.04. The van der Waals surface area contributed by atoms with Crippen molar-refractivity contribution in [1.29, 1.82) is 5.26 Å². The predicted molar refractivity (Wildman–Crippen MR) is 85.2 cm³/mol. The fourth-order valence-corrected chi connectivity index (χ4v) is 2.59. The number of benzene rings is 2. The van der Waals surface area contributed by atoms with Crippen molar-refractivity contribution in [3.8, 4) is 6.07 Å². The third-order valence-corrected chi connectivity index (χ3v) is 3.53. The Morgan fingerprint density at radius 3 is 2.50 bits per heavy atom. The molecule has 3 N–H and O–H groups in total. The van der Waals surface area contributed by atoms with E-state index < -0.39 is 12.0 Å². The largest absolute Gasteiger partial charge is 0.479 e. The molecule has 0 aromatic heterocycles. The van der Waals surface area contributed by atoms with Crippen LogP contribution in [-0.4, -0.2) is 16.2 Å². The Hall–Kier alpha value is -2.36. The van der Waals surface area contributed by atoms with Crippen LogP contribution in [0.15, 0.2) is 46.9 Å². The minimum Gasteiger partial charge on any atom is -0.479 e. The van der Waals surface area contributed by atoms with Gasteiger partial charge in [0.1, 0.15) is 0 Å². The second kappa shape index (κ2) is 7.07. The third kappa shape index (κ3) is 3.85. The van der Waals surface area contributed by atoms with Crippen molar-refractivity contribution in [1.82, 2.24) is 0 Å². The molecule has 0 amide bonds. The first kappa shape index (κ1) is 16.0. The van der Waals surface area contributed by atoms with E-state index in [1.165, 1.54) is 0 Å². The molecular weight excluding hydrogens is 348 g/mol. The zero-order valence-electron chi connectivity index (χ0n) is 11.5. The summed E-state index contributed by atoms with van der Waals surface area (Å²) in [5, 5.41) is 30.4. The van der Waals surface area contributed by atoms with Gasteiger partial charge in [-0.15, -0.1) is 0 Å². The van der Waals surface area contributed by atoms with Crippen molar-refractivity contribution in [2.24, 2.45) is 0 Å². The second-order valence-corrected chi connectivity index (χ2v) is 5.57. The van der Waals surface area contributed by atoms with Crippen molar-refractivity contribution >= 4 is 27.6 Å². The summed E-state index contributed by atoms with van der Waals surface area (Å²) in [6.07, 6.45) is 0. The predicted octanol–water partition coefficient (Wildman–Crippen LogP) is 3.05. The van der Waals surface area contributed by atoms with E-state index in [4.69, 9.17) is 5.26 Å². The van der Waals surface area contributed by atoms with Crippen LogP contribution in [0.3, 0.4) is 0 Å². The molecule has 112 valence electrons. The molecule has 0 bridgehead atoms. The Bertz CT molecular complexity index is 723. The topological polar surface area (TPSA) is 93.4 Å². The lowest BCUT2D eigenvalue weighted by atomic mass is 10.0. The molecule has 1 unspecified atom stereocenters. The molecule has 2 rings (SSSR count). The van der Waals surface area contributed by atoms with E-state index in [-0.39, 0.29) is 6.61 Å². The summed E-state index contributed by atoms with van der Waals surface area (Å²) in [6.45, 7) is -0.171. The van der Waals surface area contributed by atoms with Crippen molar-refractivity contribution in [3.05, 3.63) is 63.6 Å². The molecule has 0 aliphatic rings. The molecule has 0 radical (unpaired) electrons. The van der Waals surface area contributed by atoms with Crippen molar-refractivity contribution in [2.45, 2.75) is 12.6 Å². The van der Waals surface area contributed by atoms with Crippen LogP contribution in [-0.2, 0) is 11.4 Å². The fourth-order valence-electron chi connectivity index (χ4n) is 2.03. The summed E-state index contributed by atoms with van der Waals surface area (Å²) in [6, 6.07) is 12.6. The second-order valence-electron chi connectivity index (χ2n) is 4.66. The van der Waals surface area contributed by atoms with Crippen LogP contribution in [0.4, 0.5) is 5.69 Å². The number of nitrogens with one attached hydrogen (secondary N) is 1. The van der Waals surface area contributed by atoms with E-state index in [1.807, 2.05) is 6.07 Å². The van der Waals surface area contributed by atoms with Crippen molar-refractivity contribution < 1.29 is 15.0 Å². The first-order valence-corrected chi connectivity index (χ1v) is 7.22. The Kier molecular flexibility index (Phi) is 5.15. The summed E-state index contributed by atoms with van der Waals surface area (Å²) in [5.74, 6) is -1.04. The molecule has 0 aliphatic carbocycles. The van der Waals surface area contributed by atoms with E-state index in [0.717, 1.165) is 0 Å². The van der Waals surface area contributed by atoms with Gasteiger partial charge in [-0.25, -0.2) is 4.79 Å². The van der Waals surface area contributed by atoms with Gasteiger partial charge in [0.2, 0.25) is 0 Å². The number of nitriles is 1. The van der Waals surface area contributed by atoms with Crippen LogP contribution >= 0.6 is 15.9 Å². The van der Waals surface area contributed by atoms with Crippen LogP contribution in [0.5, 0.6) is 0 Å². The highest BCUT2D eigenvalue weighted by Gasteiger charge is 2.20. The molecule has 5 nitrogen and oxygen atoms in total. The normalized spacial score (nSPS) is 11.5. The average molecular weight is 361 g/mol.